The van der Waals surface area contributed by atoms with E-state index < -0.39 is 6.10 Å². The molecule has 1 fully saturated rings. The Bertz CT molecular complexity index is 713. The van der Waals surface area contributed by atoms with Crippen LogP contribution < -0.4 is 10.1 Å². The monoisotopic (exact) mass is 377 g/mol. The van der Waals surface area contributed by atoms with Gasteiger partial charge < -0.3 is 10.1 Å². The van der Waals surface area contributed by atoms with Crippen LogP contribution in [-0.2, 0) is 4.79 Å². The number of hydrogen-bond donors (Lipinski definition) is 1. The maximum atomic E-state index is 13.2. The smallest absolute Gasteiger partial charge is 0.266 e. The highest BCUT2D eigenvalue weighted by Gasteiger charge is 2.30. The molecule has 1 saturated carbocycles. The van der Waals surface area contributed by atoms with Gasteiger partial charge in [-0.25, -0.2) is 4.39 Å². The summed E-state index contributed by atoms with van der Waals surface area (Å²) in [5.41, 5.74) is 1.71. The fourth-order valence-corrected chi connectivity index (χ4v) is 2.83. The van der Waals surface area contributed by atoms with Gasteiger partial charge in [0, 0.05) is 11.6 Å². The van der Waals surface area contributed by atoms with E-state index in [4.69, 9.17) is 4.74 Å². The molecule has 0 aromatic heterocycles. The lowest BCUT2D eigenvalue weighted by molar-refractivity contribution is -0.128. The van der Waals surface area contributed by atoms with Crippen molar-refractivity contribution in [2.45, 2.75) is 31.9 Å². The Labute approximate surface area is 143 Å². The Morgan fingerprint density at radius 3 is 2.57 bits per heavy atom. The molecular formula is C18H17BrFNO2. The minimum Gasteiger partial charge on any atom is -0.475 e. The largest absolute Gasteiger partial charge is 0.475 e. The molecule has 120 valence electrons. The molecule has 0 spiro atoms. The number of rotatable bonds is 5. The lowest BCUT2D eigenvalue weighted by Gasteiger charge is -2.20. The highest BCUT2D eigenvalue weighted by molar-refractivity contribution is 9.10. The molecular weight excluding hydrogens is 361 g/mol. The lowest BCUT2D eigenvalue weighted by atomic mass is 10.1. The van der Waals surface area contributed by atoms with Gasteiger partial charge in [0.15, 0.2) is 0 Å². The molecule has 5 heteroatoms. The van der Waals surface area contributed by atoms with Crippen LogP contribution in [-0.4, -0.2) is 11.9 Å². The number of carbonyl (C=O) groups is 1. The fraction of sp³-hybridized carbons (Fsp3) is 0.278. The van der Waals surface area contributed by atoms with E-state index >= 15 is 0 Å². The molecule has 1 atom stereocenters. The Morgan fingerprint density at radius 2 is 1.96 bits per heavy atom. The van der Waals surface area contributed by atoms with E-state index in [0.29, 0.717) is 11.3 Å². The number of ether oxygens (including phenoxy) is 1. The van der Waals surface area contributed by atoms with Crippen molar-refractivity contribution >= 4 is 21.8 Å². The summed E-state index contributed by atoms with van der Waals surface area (Å²) in [6.45, 7) is 1.98. The summed E-state index contributed by atoms with van der Waals surface area (Å²) in [6.07, 6.45) is 1.18. The van der Waals surface area contributed by atoms with E-state index in [9.17, 15) is 9.18 Å². The maximum absolute atomic E-state index is 13.2. The minimum absolute atomic E-state index is 0.202. The van der Waals surface area contributed by atoms with Crippen molar-refractivity contribution < 1.29 is 13.9 Å². The fourth-order valence-electron chi connectivity index (χ4n) is 2.24. The number of aryl methyl sites for hydroxylation is 1. The first-order valence-electron chi connectivity index (χ1n) is 7.51. The third-order valence-electron chi connectivity index (χ3n) is 3.67. The molecule has 0 bridgehead atoms. The van der Waals surface area contributed by atoms with Gasteiger partial charge in [0.2, 0.25) is 6.10 Å². The van der Waals surface area contributed by atoms with Crippen molar-refractivity contribution in [3.63, 3.8) is 0 Å². The predicted octanol–water partition coefficient (Wildman–Crippen LogP) is 4.30. The Balaban J connectivity index is 1.87. The van der Waals surface area contributed by atoms with Gasteiger partial charge >= 0.3 is 0 Å². The molecule has 0 saturated heterocycles. The SMILES string of the molecule is Cc1ccc(O[C@H](C(=O)NC2CC2)c2ccc(F)cc2)c(Br)c1. The van der Waals surface area contributed by atoms with Gasteiger partial charge in [0.25, 0.3) is 5.91 Å². The van der Waals surface area contributed by atoms with Gasteiger partial charge in [-0.2, -0.15) is 0 Å². The van der Waals surface area contributed by atoms with E-state index in [1.54, 1.807) is 12.1 Å². The number of benzene rings is 2. The second-order valence-corrected chi connectivity index (χ2v) is 6.62. The van der Waals surface area contributed by atoms with Crippen LogP contribution >= 0.6 is 15.9 Å². The summed E-state index contributed by atoms with van der Waals surface area (Å²) in [4.78, 5) is 12.5. The summed E-state index contributed by atoms with van der Waals surface area (Å²) in [6, 6.07) is 11.7. The number of halogens is 2. The first-order valence-corrected chi connectivity index (χ1v) is 8.31. The van der Waals surface area contributed by atoms with E-state index in [-0.39, 0.29) is 17.8 Å². The zero-order valence-corrected chi connectivity index (χ0v) is 14.3. The number of amides is 1. The summed E-state index contributed by atoms with van der Waals surface area (Å²) >= 11 is 3.46. The van der Waals surface area contributed by atoms with Crippen LogP contribution in [0.25, 0.3) is 0 Å². The van der Waals surface area contributed by atoms with Gasteiger partial charge in [-0.3, -0.25) is 4.79 Å². The maximum Gasteiger partial charge on any atom is 0.266 e. The topological polar surface area (TPSA) is 38.3 Å². The quantitative estimate of drug-likeness (QED) is 0.843. The van der Waals surface area contributed by atoms with Crippen LogP contribution in [0.4, 0.5) is 4.39 Å². The van der Waals surface area contributed by atoms with Gasteiger partial charge in [0.1, 0.15) is 11.6 Å². The minimum atomic E-state index is -0.810. The molecule has 1 amide bonds. The first kappa shape index (κ1) is 16.0. The van der Waals surface area contributed by atoms with Gasteiger partial charge in [-0.15, -0.1) is 0 Å². The molecule has 2 aromatic rings. The average molecular weight is 378 g/mol. The molecule has 0 unspecified atom stereocenters. The van der Waals surface area contributed by atoms with Gasteiger partial charge in [0.05, 0.1) is 4.47 Å². The summed E-state index contributed by atoms with van der Waals surface area (Å²) in [5, 5.41) is 2.95. The van der Waals surface area contributed by atoms with Crippen LogP contribution in [0.5, 0.6) is 5.75 Å². The first-order chi connectivity index (χ1) is 11.0. The molecule has 23 heavy (non-hydrogen) atoms. The molecule has 0 radical (unpaired) electrons. The van der Waals surface area contributed by atoms with E-state index in [2.05, 4.69) is 21.2 Å². The molecule has 0 heterocycles. The standard InChI is InChI=1S/C18H17BrFNO2/c1-11-2-9-16(15(19)10-11)23-17(18(22)21-14-7-8-14)12-3-5-13(20)6-4-12/h2-6,9-10,14,17H,7-8H2,1H3,(H,21,22)/t17-/m0/s1. The third kappa shape index (κ3) is 4.10. The van der Waals surface area contributed by atoms with Crippen molar-refractivity contribution in [1.29, 1.82) is 0 Å². The lowest BCUT2D eigenvalue weighted by Crippen LogP contribution is -2.34. The van der Waals surface area contributed by atoms with Gasteiger partial charge in [-0.1, -0.05) is 18.2 Å². The third-order valence-corrected chi connectivity index (χ3v) is 4.29. The van der Waals surface area contributed by atoms with E-state index in [1.807, 2.05) is 25.1 Å². The molecule has 1 N–H and O–H groups in total. The van der Waals surface area contributed by atoms with Crippen LogP contribution in [0.1, 0.15) is 30.1 Å². The summed E-state index contributed by atoms with van der Waals surface area (Å²) < 4.78 is 19.9. The summed E-state index contributed by atoms with van der Waals surface area (Å²) in [5.74, 6) is 0.0362. The van der Waals surface area contributed by atoms with Crippen molar-refractivity contribution in [3.8, 4) is 5.75 Å². The molecule has 1 aliphatic carbocycles. The number of carbonyl (C=O) groups excluding carboxylic acids is 1. The molecule has 3 nitrogen and oxygen atoms in total. The number of nitrogens with one attached hydrogen (secondary N) is 1. The molecule has 1 aliphatic rings. The second-order valence-electron chi connectivity index (χ2n) is 5.77. The molecule has 2 aromatic carbocycles. The van der Waals surface area contributed by atoms with Crippen LogP contribution in [0.15, 0.2) is 46.9 Å². The highest BCUT2D eigenvalue weighted by Crippen LogP contribution is 2.31. The van der Waals surface area contributed by atoms with Crippen molar-refractivity contribution in [2.24, 2.45) is 0 Å². The number of hydrogen-bond acceptors (Lipinski definition) is 2. The Kier molecular flexibility index (Phi) is 4.66. The summed E-state index contributed by atoms with van der Waals surface area (Å²) in [7, 11) is 0. The zero-order valence-electron chi connectivity index (χ0n) is 12.7. The highest BCUT2D eigenvalue weighted by atomic mass is 79.9. The van der Waals surface area contributed by atoms with Crippen LogP contribution in [0.2, 0.25) is 0 Å². The average Bonchev–Trinajstić information content (AvgIpc) is 3.31. The van der Waals surface area contributed by atoms with Crippen molar-refractivity contribution in [3.05, 3.63) is 63.9 Å². The van der Waals surface area contributed by atoms with Gasteiger partial charge in [-0.05, 0) is 65.5 Å². The van der Waals surface area contributed by atoms with E-state index in [0.717, 1.165) is 22.9 Å². The van der Waals surface area contributed by atoms with Crippen LogP contribution in [0, 0.1) is 12.7 Å². The van der Waals surface area contributed by atoms with Crippen molar-refractivity contribution in [2.75, 3.05) is 0 Å². The Hall–Kier alpha value is -1.88. The molecule has 0 aliphatic heterocycles. The van der Waals surface area contributed by atoms with E-state index in [1.165, 1.54) is 12.1 Å². The van der Waals surface area contributed by atoms with Crippen molar-refractivity contribution in [1.82, 2.24) is 5.32 Å². The Morgan fingerprint density at radius 1 is 1.26 bits per heavy atom. The zero-order chi connectivity index (χ0) is 16.4. The van der Waals surface area contributed by atoms with Crippen LogP contribution in [0.3, 0.4) is 0 Å². The molecule has 3 rings (SSSR count). The second kappa shape index (κ2) is 6.71. The predicted molar refractivity (Wildman–Crippen MR) is 89.8 cm³/mol. The normalized spacial score (nSPS) is 15.1.